The van der Waals surface area contributed by atoms with Crippen LogP contribution >= 0.6 is 0 Å². The second-order valence-electron chi connectivity index (χ2n) is 4.66. The van der Waals surface area contributed by atoms with Crippen LogP contribution in [-0.4, -0.2) is 0 Å². The van der Waals surface area contributed by atoms with Gasteiger partial charge in [-0.3, -0.25) is 0 Å². The molecule has 0 atom stereocenters. The topological polar surface area (TPSA) is 0 Å². The normalized spacial score (nSPS) is 9.52. The van der Waals surface area contributed by atoms with Crippen LogP contribution in [0, 0.1) is 0 Å². The fraction of sp³-hybridized carbons (Fsp3) is 0. The van der Waals surface area contributed by atoms with Gasteiger partial charge in [-0.25, -0.2) is 0 Å². The summed E-state index contributed by atoms with van der Waals surface area (Å²) in [6.45, 7) is 0. The minimum absolute atomic E-state index is 0. The van der Waals surface area contributed by atoms with E-state index in [1.165, 1.54) is 21.9 Å². The molecule has 1 heteroatoms. The first kappa shape index (κ1) is 15.4. The number of hydrogen-bond acceptors (Lipinski definition) is 0. The van der Waals surface area contributed by atoms with E-state index in [0.717, 1.165) is 0 Å². The molecule has 0 saturated carbocycles. The monoisotopic (exact) mass is 358 g/mol. The minimum atomic E-state index is 0. The molecule has 4 aromatic carbocycles. The van der Waals surface area contributed by atoms with Gasteiger partial charge in [0.1, 0.15) is 0 Å². The number of hydrogen-bond donors (Lipinski definition) is 0. The molecule has 0 nitrogen and oxygen atoms in total. The van der Waals surface area contributed by atoms with Crippen LogP contribution in [0.5, 0.6) is 0 Å². The SMILES string of the molecule is [Ru].[cH-]1[cH-][cH-][cH-][cH-]1.c1ccc2c(-[c-]3cccc3)cccc2c1. The Hall–Kier alpha value is -1.98. The summed E-state index contributed by atoms with van der Waals surface area (Å²) in [6.07, 6.45) is 0. The van der Waals surface area contributed by atoms with Gasteiger partial charge in [0.15, 0.2) is 0 Å². The molecule has 0 radical (unpaired) electrons. The Bertz CT molecular complexity index is 727. The Morgan fingerprint density at radius 3 is 1.86 bits per heavy atom. The van der Waals surface area contributed by atoms with Crippen LogP contribution in [0.25, 0.3) is 21.9 Å². The Balaban J connectivity index is 0.000000231. The van der Waals surface area contributed by atoms with Crippen molar-refractivity contribution >= 4 is 10.8 Å². The van der Waals surface area contributed by atoms with Crippen LogP contribution in [0.1, 0.15) is 0 Å². The standard InChI is InChI=1S/C15H11.C5H5.Ru/c1-2-7-12(6-1)15-11-5-9-13-8-3-4-10-14(13)15;1-2-4-5-3-1;/h1-11H;1-5H;/q-1;-5;. The summed E-state index contributed by atoms with van der Waals surface area (Å²) in [5.41, 5.74) is 2.62. The summed E-state index contributed by atoms with van der Waals surface area (Å²) < 4.78 is 0. The zero-order chi connectivity index (χ0) is 13.6. The Morgan fingerprint density at radius 1 is 0.619 bits per heavy atom. The van der Waals surface area contributed by atoms with E-state index in [4.69, 9.17) is 0 Å². The van der Waals surface area contributed by atoms with Crippen molar-refractivity contribution in [1.29, 1.82) is 0 Å². The molecular formula is C20H16Ru-6. The van der Waals surface area contributed by atoms with Gasteiger partial charge in [0.2, 0.25) is 0 Å². The van der Waals surface area contributed by atoms with Gasteiger partial charge in [0, 0.05) is 19.5 Å². The van der Waals surface area contributed by atoms with E-state index in [-0.39, 0.29) is 19.5 Å². The fourth-order valence-corrected chi connectivity index (χ4v) is 2.35. The first-order chi connectivity index (χ1) is 9.95. The van der Waals surface area contributed by atoms with E-state index in [1.807, 2.05) is 30.3 Å². The van der Waals surface area contributed by atoms with Crippen LogP contribution in [0.4, 0.5) is 0 Å². The number of rotatable bonds is 1. The molecule has 4 rings (SSSR count). The van der Waals surface area contributed by atoms with E-state index in [2.05, 4.69) is 66.7 Å². The maximum absolute atomic E-state index is 2.18. The van der Waals surface area contributed by atoms with Crippen molar-refractivity contribution in [2.75, 3.05) is 0 Å². The maximum Gasteiger partial charge on any atom is 0 e. The van der Waals surface area contributed by atoms with Crippen molar-refractivity contribution < 1.29 is 19.5 Å². The minimum Gasteiger partial charge on any atom is -0.748 e. The van der Waals surface area contributed by atoms with Gasteiger partial charge in [0.05, 0.1) is 0 Å². The Kier molecular flexibility index (Phi) is 5.66. The number of fused-ring (bicyclic) bond motifs is 1. The third-order valence-corrected chi connectivity index (χ3v) is 3.32. The Labute approximate surface area is 138 Å². The third-order valence-electron chi connectivity index (χ3n) is 3.32. The fourth-order valence-electron chi connectivity index (χ4n) is 2.35. The van der Waals surface area contributed by atoms with Gasteiger partial charge in [0.25, 0.3) is 0 Å². The molecule has 110 valence electrons. The summed E-state index contributed by atoms with van der Waals surface area (Å²) in [6, 6.07) is 33.4. The summed E-state index contributed by atoms with van der Waals surface area (Å²) in [5, 5.41) is 2.63. The van der Waals surface area contributed by atoms with Crippen molar-refractivity contribution in [3.63, 3.8) is 0 Å². The average Bonchev–Trinajstić information content (AvgIpc) is 3.22. The molecule has 0 aromatic heterocycles. The molecule has 0 unspecified atom stereocenters. The first-order valence-corrected chi connectivity index (χ1v) is 6.82. The molecule has 0 bridgehead atoms. The third kappa shape index (κ3) is 3.77. The van der Waals surface area contributed by atoms with Crippen molar-refractivity contribution in [2.24, 2.45) is 0 Å². The summed E-state index contributed by atoms with van der Waals surface area (Å²) in [5.74, 6) is 0. The largest absolute Gasteiger partial charge is 0.748 e. The van der Waals surface area contributed by atoms with Gasteiger partial charge < -0.3 is 30.3 Å². The summed E-state index contributed by atoms with van der Waals surface area (Å²) >= 11 is 0. The van der Waals surface area contributed by atoms with Gasteiger partial charge >= 0.3 is 0 Å². The molecule has 0 aliphatic heterocycles. The molecular weight excluding hydrogens is 341 g/mol. The van der Waals surface area contributed by atoms with Gasteiger partial charge in [-0.2, -0.15) is 12.1 Å². The summed E-state index contributed by atoms with van der Waals surface area (Å²) in [4.78, 5) is 0. The molecule has 4 aromatic rings. The van der Waals surface area contributed by atoms with Crippen molar-refractivity contribution in [3.05, 3.63) is 97.1 Å². The first-order valence-electron chi connectivity index (χ1n) is 6.82. The Morgan fingerprint density at radius 2 is 1.19 bits per heavy atom. The maximum atomic E-state index is 2.18. The molecule has 0 spiro atoms. The second-order valence-corrected chi connectivity index (χ2v) is 4.66. The van der Waals surface area contributed by atoms with Crippen molar-refractivity contribution in [2.45, 2.75) is 0 Å². The van der Waals surface area contributed by atoms with Crippen LogP contribution in [-0.2, 0) is 19.5 Å². The van der Waals surface area contributed by atoms with Crippen LogP contribution < -0.4 is 0 Å². The number of benzene rings is 2. The average molecular weight is 357 g/mol. The van der Waals surface area contributed by atoms with E-state index >= 15 is 0 Å². The molecule has 21 heavy (non-hydrogen) atoms. The van der Waals surface area contributed by atoms with Gasteiger partial charge in [-0.05, 0) is 0 Å². The van der Waals surface area contributed by atoms with Crippen LogP contribution in [0.3, 0.4) is 0 Å². The zero-order valence-corrected chi connectivity index (χ0v) is 13.3. The summed E-state index contributed by atoms with van der Waals surface area (Å²) in [7, 11) is 0. The predicted molar refractivity (Wildman–Crippen MR) is 87.0 cm³/mol. The smallest absolute Gasteiger partial charge is 0 e. The molecule has 0 amide bonds. The van der Waals surface area contributed by atoms with E-state index in [0.29, 0.717) is 0 Å². The van der Waals surface area contributed by atoms with E-state index in [9.17, 15) is 0 Å². The van der Waals surface area contributed by atoms with Gasteiger partial charge in [-0.15, -0.1) is 23.8 Å². The molecule has 0 fully saturated rings. The van der Waals surface area contributed by atoms with Crippen molar-refractivity contribution in [3.8, 4) is 11.1 Å². The molecule has 0 saturated heterocycles. The van der Waals surface area contributed by atoms with E-state index in [1.54, 1.807) is 0 Å². The zero-order valence-electron chi connectivity index (χ0n) is 11.6. The van der Waals surface area contributed by atoms with Crippen LogP contribution in [0.15, 0.2) is 97.1 Å². The quantitative estimate of drug-likeness (QED) is 0.306. The van der Waals surface area contributed by atoms with Crippen LogP contribution in [0.2, 0.25) is 0 Å². The second kappa shape index (κ2) is 7.71. The predicted octanol–water partition coefficient (Wildman–Crippen LogP) is 5.63. The van der Waals surface area contributed by atoms with E-state index < -0.39 is 0 Å². The van der Waals surface area contributed by atoms with Crippen molar-refractivity contribution in [1.82, 2.24) is 0 Å². The molecule has 0 N–H and O–H groups in total. The molecule has 0 heterocycles. The molecule has 0 aliphatic carbocycles. The van der Waals surface area contributed by atoms with Gasteiger partial charge in [-0.1, -0.05) is 52.7 Å². The molecule has 0 aliphatic rings.